The summed E-state index contributed by atoms with van der Waals surface area (Å²) < 4.78 is 6.59. The topological polar surface area (TPSA) is 75.6 Å². The van der Waals surface area contributed by atoms with Crippen molar-refractivity contribution in [1.82, 2.24) is 15.0 Å². The van der Waals surface area contributed by atoms with Gasteiger partial charge in [-0.15, -0.1) is 0 Å². The van der Waals surface area contributed by atoms with Crippen molar-refractivity contribution < 1.29 is 4.42 Å². The molecule has 0 saturated carbocycles. The monoisotopic (exact) mass is 728 g/mol. The maximum absolute atomic E-state index is 9.44. The summed E-state index contributed by atoms with van der Waals surface area (Å²) in [5.74, 6) is 1.68. The Morgan fingerprint density at radius 1 is 0.351 bits per heavy atom. The molecule has 0 bridgehead atoms. The summed E-state index contributed by atoms with van der Waals surface area (Å²) in [5, 5.41) is 11.5. The highest BCUT2D eigenvalue weighted by molar-refractivity contribution is 6.14. The molecule has 8 aromatic carbocycles. The molecule has 0 spiro atoms. The molecule has 5 heteroatoms. The SMILES string of the molecule is N#Cc1cccc(-c2ccc(-c3nc(-c4ccc(-c5ccccc5)cc4)nc(-c4ccc5c(c4)oc4cccc(-c6ccccc6-c6ccccc6)c45)n3)cc2)c1. The number of aromatic nitrogens is 3. The van der Waals surface area contributed by atoms with Crippen molar-refractivity contribution in [1.29, 1.82) is 5.26 Å². The third kappa shape index (κ3) is 6.42. The number of rotatable bonds is 7. The highest BCUT2D eigenvalue weighted by Crippen LogP contribution is 2.41. The zero-order valence-electron chi connectivity index (χ0n) is 30.7. The van der Waals surface area contributed by atoms with Gasteiger partial charge in [0.2, 0.25) is 0 Å². The van der Waals surface area contributed by atoms with Crippen LogP contribution in [0.5, 0.6) is 0 Å². The number of fused-ring (bicyclic) bond motifs is 3. The van der Waals surface area contributed by atoms with E-state index in [1.54, 1.807) is 0 Å². The molecule has 0 aliphatic carbocycles. The summed E-state index contributed by atoms with van der Waals surface area (Å²) in [5.41, 5.74) is 13.6. The number of hydrogen-bond acceptors (Lipinski definition) is 5. The van der Waals surface area contributed by atoms with E-state index in [0.717, 1.165) is 72.0 Å². The second-order valence-corrected chi connectivity index (χ2v) is 13.9. The normalized spacial score (nSPS) is 11.1. The van der Waals surface area contributed by atoms with Gasteiger partial charge in [-0.25, -0.2) is 15.0 Å². The van der Waals surface area contributed by atoms with E-state index in [4.69, 9.17) is 19.4 Å². The molecule has 2 heterocycles. The van der Waals surface area contributed by atoms with Crippen molar-refractivity contribution in [2.24, 2.45) is 0 Å². The minimum Gasteiger partial charge on any atom is -0.456 e. The predicted octanol–water partition coefficient (Wildman–Crippen LogP) is 13.3. The third-order valence-corrected chi connectivity index (χ3v) is 10.4. The number of hydrogen-bond donors (Lipinski definition) is 0. The number of nitrogens with zero attached hydrogens (tertiary/aromatic N) is 4. The molecule has 0 atom stereocenters. The molecule has 0 N–H and O–H groups in total. The average molecular weight is 729 g/mol. The maximum Gasteiger partial charge on any atom is 0.164 e. The molecule has 0 amide bonds. The molecule has 57 heavy (non-hydrogen) atoms. The largest absolute Gasteiger partial charge is 0.456 e. The van der Waals surface area contributed by atoms with Crippen LogP contribution in [0.2, 0.25) is 0 Å². The fourth-order valence-corrected chi connectivity index (χ4v) is 7.56. The van der Waals surface area contributed by atoms with Gasteiger partial charge >= 0.3 is 0 Å². The molecule has 0 unspecified atom stereocenters. The fraction of sp³-hybridized carbons (Fsp3) is 0. The van der Waals surface area contributed by atoms with E-state index in [1.165, 1.54) is 11.1 Å². The van der Waals surface area contributed by atoms with Crippen LogP contribution in [-0.4, -0.2) is 15.0 Å². The van der Waals surface area contributed by atoms with Crippen molar-refractivity contribution in [3.63, 3.8) is 0 Å². The standard InChI is InChI=1S/C52H32N4O/c53-33-34-11-9-16-41(31-34)37-23-27-40(28-24-37)51-54-50(39-25-21-36(22-26-39)35-12-3-1-4-13-35)55-52(56-51)42-29-30-46-48(32-42)57-47-20-10-19-45(49(46)47)44-18-8-7-17-43(44)38-14-5-2-6-15-38/h1-32H. The number of benzene rings is 8. The molecule has 2 aromatic heterocycles. The average Bonchev–Trinajstić information content (AvgIpc) is 3.68. The second kappa shape index (κ2) is 14.4. The Balaban J connectivity index is 1.08. The van der Waals surface area contributed by atoms with Gasteiger partial charge in [-0.2, -0.15) is 5.26 Å². The van der Waals surface area contributed by atoms with Gasteiger partial charge < -0.3 is 4.42 Å². The highest BCUT2D eigenvalue weighted by atomic mass is 16.3. The van der Waals surface area contributed by atoms with E-state index in [-0.39, 0.29) is 0 Å². The third-order valence-electron chi connectivity index (χ3n) is 10.4. The van der Waals surface area contributed by atoms with E-state index in [1.807, 2.05) is 84.9 Å². The van der Waals surface area contributed by atoms with Gasteiger partial charge in [-0.1, -0.05) is 164 Å². The molecule has 10 rings (SSSR count). The van der Waals surface area contributed by atoms with E-state index in [2.05, 4.69) is 115 Å². The summed E-state index contributed by atoms with van der Waals surface area (Å²) in [7, 11) is 0. The van der Waals surface area contributed by atoms with Crippen molar-refractivity contribution in [3.8, 4) is 84.7 Å². The number of nitriles is 1. The van der Waals surface area contributed by atoms with Gasteiger partial charge in [-0.3, -0.25) is 0 Å². The smallest absolute Gasteiger partial charge is 0.164 e. The Morgan fingerprint density at radius 3 is 1.51 bits per heavy atom. The first-order valence-corrected chi connectivity index (χ1v) is 18.8. The van der Waals surface area contributed by atoms with Crippen molar-refractivity contribution in [2.75, 3.05) is 0 Å². The maximum atomic E-state index is 9.44. The molecule has 0 aliphatic heterocycles. The molecule has 0 saturated heterocycles. The van der Waals surface area contributed by atoms with Crippen molar-refractivity contribution in [2.45, 2.75) is 0 Å². The highest BCUT2D eigenvalue weighted by Gasteiger charge is 2.18. The van der Waals surface area contributed by atoms with Crippen LogP contribution in [0.1, 0.15) is 5.56 Å². The Kier molecular flexibility index (Phi) is 8.48. The molecular formula is C52H32N4O. The molecule has 0 aliphatic rings. The van der Waals surface area contributed by atoms with Gasteiger partial charge in [-0.05, 0) is 74.8 Å². The van der Waals surface area contributed by atoms with Crippen molar-refractivity contribution in [3.05, 3.63) is 200 Å². The summed E-state index contributed by atoms with van der Waals surface area (Å²) in [4.78, 5) is 15.1. The Morgan fingerprint density at radius 2 is 0.842 bits per heavy atom. The molecule has 0 radical (unpaired) electrons. The van der Waals surface area contributed by atoms with Crippen molar-refractivity contribution >= 4 is 21.9 Å². The molecule has 0 fully saturated rings. The van der Waals surface area contributed by atoms with E-state index >= 15 is 0 Å². The van der Waals surface area contributed by atoms with Crippen LogP contribution in [-0.2, 0) is 0 Å². The minimum absolute atomic E-state index is 0.546. The molecular weight excluding hydrogens is 697 g/mol. The lowest BCUT2D eigenvalue weighted by molar-refractivity contribution is 0.669. The quantitative estimate of drug-likeness (QED) is 0.163. The van der Waals surface area contributed by atoms with Gasteiger partial charge in [0, 0.05) is 27.5 Å². The summed E-state index contributed by atoms with van der Waals surface area (Å²) in [6.07, 6.45) is 0. The van der Waals surface area contributed by atoms with E-state index in [9.17, 15) is 5.26 Å². The predicted molar refractivity (Wildman–Crippen MR) is 230 cm³/mol. The first-order chi connectivity index (χ1) is 28.2. The van der Waals surface area contributed by atoms with Crippen LogP contribution in [0, 0.1) is 11.3 Å². The first-order valence-electron chi connectivity index (χ1n) is 18.8. The zero-order valence-corrected chi connectivity index (χ0v) is 30.7. The van der Waals surface area contributed by atoms with Gasteiger partial charge in [0.1, 0.15) is 11.2 Å². The van der Waals surface area contributed by atoms with Crippen LogP contribution in [0.3, 0.4) is 0 Å². The van der Waals surface area contributed by atoms with E-state index < -0.39 is 0 Å². The summed E-state index contributed by atoms with van der Waals surface area (Å²) >= 11 is 0. The Hall–Kier alpha value is -7.94. The van der Waals surface area contributed by atoms with Crippen LogP contribution in [0.15, 0.2) is 199 Å². The van der Waals surface area contributed by atoms with Crippen LogP contribution in [0.25, 0.3) is 101 Å². The first kappa shape index (κ1) is 33.6. The van der Waals surface area contributed by atoms with Crippen LogP contribution >= 0.6 is 0 Å². The number of furan rings is 1. The lowest BCUT2D eigenvalue weighted by Gasteiger charge is -2.11. The van der Waals surface area contributed by atoms with Crippen LogP contribution < -0.4 is 0 Å². The van der Waals surface area contributed by atoms with Gasteiger partial charge in [0.25, 0.3) is 0 Å². The van der Waals surface area contributed by atoms with Crippen LogP contribution in [0.4, 0.5) is 0 Å². The minimum atomic E-state index is 0.546. The molecule has 5 nitrogen and oxygen atoms in total. The Labute approximate surface area is 329 Å². The molecule has 10 aromatic rings. The summed E-state index contributed by atoms with van der Waals surface area (Å²) in [6, 6.07) is 68.1. The lowest BCUT2D eigenvalue weighted by atomic mass is 9.92. The van der Waals surface area contributed by atoms with Gasteiger partial charge in [0.15, 0.2) is 17.5 Å². The van der Waals surface area contributed by atoms with E-state index in [0.29, 0.717) is 23.0 Å². The zero-order chi connectivity index (χ0) is 38.1. The molecule has 266 valence electrons. The lowest BCUT2D eigenvalue weighted by Crippen LogP contribution is -2.00. The van der Waals surface area contributed by atoms with Gasteiger partial charge in [0.05, 0.1) is 11.6 Å². The fourth-order valence-electron chi connectivity index (χ4n) is 7.56. The summed E-state index contributed by atoms with van der Waals surface area (Å²) in [6.45, 7) is 0. The Bertz CT molecular complexity index is 3110. The second-order valence-electron chi connectivity index (χ2n) is 13.9.